The Balaban J connectivity index is 2.09. The largest absolute Gasteiger partial charge is 0.479 e. The molecule has 0 aromatic heterocycles. The van der Waals surface area contributed by atoms with Gasteiger partial charge in [-0.3, -0.25) is 9.10 Å². The molecular formula is C17H19ClN2O4S. The third-order valence-electron chi connectivity index (χ3n) is 3.48. The lowest BCUT2D eigenvalue weighted by Gasteiger charge is -2.19. The molecular weight excluding hydrogens is 364 g/mol. The van der Waals surface area contributed by atoms with Crippen LogP contribution in [-0.4, -0.2) is 33.7 Å². The maximum Gasteiger partial charge on any atom is 0.265 e. The van der Waals surface area contributed by atoms with E-state index in [0.717, 1.165) is 10.6 Å². The van der Waals surface area contributed by atoms with Crippen molar-refractivity contribution in [2.24, 2.45) is 0 Å². The molecule has 2 aromatic carbocycles. The van der Waals surface area contributed by atoms with Gasteiger partial charge in [-0.2, -0.15) is 0 Å². The Morgan fingerprint density at radius 3 is 2.52 bits per heavy atom. The van der Waals surface area contributed by atoms with Gasteiger partial charge < -0.3 is 10.1 Å². The fraction of sp³-hybridized carbons (Fsp3) is 0.235. The van der Waals surface area contributed by atoms with Gasteiger partial charge in [-0.1, -0.05) is 29.8 Å². The molecule has 0 aliphatic carbocycles. The molecule has 0 spiro atoms. The first-order valence-electron chi connectivity index (χ1n) is 7.44. The Bertz CT molecular complexity index is 870. The molecule has 0 fully saturated rings. The van der Waals surface area contributed by atoms with Crippen molar-refractivity contribution in [1.29, 1.82) is 0 Å². The van der Waals surface area contributed by atoms with Crippen LogP contribution in [0.2, 0.25) is 5.02 Å². The number of carbonyl (C=O) groups is 1. The molecule has 2 rings (SSSR count). The zero-order valence-electron chi connectivity index (χ0n) is 14.1. The maximum absolute atomic E-state index is 12.3. The lowest BCUT2D eigenvalue weighted by atomic mass is 10.2. The third-order valence-corrected chi connectivity index (χ3v) is 5.00. The Kier molecular flexibility index (Phi) is 5.92. The van der Waals surface area contributed by atoms with Crippen LogP contribution in [0.1, 0.15) is 6.92 Å². The third kappa shape index (κ3) is 5.11. The van der Waals surface area contributed by atoms with Crippen molar-refractivity contribution in [3.05, 3.63) is 53.6 Å². The van der Waals surface area contributed by atoms with Crippen molar-refractivity contribution < 1.29 is 17.9 Å². The molecule has 6 nitrogen and oxygen atoms in total. The van der Waals surface area contributed by atoms with Crippen LogP contribution in [0.15, 0.2) is 48.5 Å². The first kappa shape index (κ1) is 19.1. The van der Waals surface area contributed by atoms with E-state index in [1.165, 1.54) is 7.05 Å². The number of ether oxygens (including phenoxy) is 1. The quantitative estimate of drug-likeness (QED) is 0.832. The Hall–Kier alpha value is -2.25. The smallest absolute Gasteiger partial charge is 0.265 e. The van der Waals surface area contributed by atoms with Crippen LogP contribution < -0.4 is 14.4 Å². The summed E-state index contributed by atoms with van der Waals surface area (Å²) in [7, 11) is -1.94. The van der Waals surface area contributed by atoms with Crippen molar-refractivity contribution >= 4 is 38.9 Å². The van der Waals surface area contributed by atoms with Crippen LogP contribution in [0.3, 0.4) is 0 Å². The first-order valence-corrected chi connectivity index (χ1v) is 9.67. The number of hydrogen-bond donors (Lipinski definition) is 1. The predicted octanol–water partition coefficient (Wildman–Crippen LogP) is 3.14. The van der Waals surface area contributed by atoms with Crippen LogP contribution in [0.5, 0.6) is 5.75 Å². The number of anilines is 2. The number of rotatable bonds is 6. The second-order valence-corrected chi connectivity index (χ2v) is 7.88. The SMILES string of the molecule is CC(Oc1ccccc1Cl)C(=O)Nc1cccc(N(C)S(C)(=O)=O)c1. The van der Waals surface area contributed by atoms with Gasteiger partial charge in [0, 0.05) is 12.7 Å². The average molecular weight is 383 g/mol. The van der Waals surface area contributed by atoms with Gasteiger partial charge in [0.15, 0.2) is 6.10 Å². The van der Waals surface area contributed by atoms with Crippen molar-refractivity contribution in [2.45, 2.75) is 13.0 Å². The minimum atomic E-state index is -3.38. The van der Waals surface area contributed by atoms with Crippen molar-refractivity contribution in [2.75, 3.05) is 22.9 Å². The van der Waals surface area contributed by atoms with E-state index < -0.39 is 16.1 Å². The number of hydrogen-bond acceptors (Lipinski definition) is 4. The van der Waals surface area contributed by atoms with Crippen LogP contribution in [-0.2, 0) is 14.8 Å². The molecule has 0 aliphatic rings. The zero-order valence-corrected chi connectivity index (χ0v) is 15.6. The summed E-state index contributed by atoms with van der Waals surface area (Å²) in [6.07, 6.45) is 0.328. The van der Waals surface area contributed by atoms with Crippen LogP contribution in [0.4, 0.5) is 11.4 Å². The summed E-state index contributed by atoms with van der Waals surface area (Å²) in [5, 5.41) is 3.12. The number of benzene rings is 2. The Morgan fingerprint density at radius 1 is 1.20 bits per heavy atom. The molecule has 0 saturated heterocycles. The molecule has 25 heavy (non-hydrogen) atoms. The van der Waals surface area contributed by atoms with Crippen LogP contribution >= 0.6 is 11.6 Å². The number of para-hydroxylation sites is 1. The number of sulfonamides is 1. The second kappa shape index (κ2) is 7.76. The van der Waals surface area contributed by atoms with E-state index in [4.69, 9.17) is 16.3 Å². The maximum atomic E-state index is 12.3. The summed E-state index contributed by atoms with van der Waals surface area (Å²) < 4.78 is 29.9. The highest BCUT2D eigenvalue weighted by Gasteiger charge is 2.17. The Morgan fingerprint density at radius 2 is 1.88 bits per heavy atom. The molecule has 0 bridgehead atoms. The summed E-state index contributed by atoms with van der Waals surface area (Å²) >= 11 is 6.01. The fourth-order valence-electron chi connectivity index (χ4n) is 2.00. The number of amides is 1. The van der Waals surface area contributed by atoms with Crippen LogP contribution in [0.25, 0.3) is 0 Å². The van der Waals surface area contributed by atoms with E-state index in [9.17, 15) is 13.2 Å². The molecule has 1 atom stereocenters. The molecule has 8 heteroatoms. The molecule has 2 aromatic rings. The van der Waals surface area contributed by atoms with Crippen molar-refractivity contribution in [3.63, 3.8) is 0 Å². The first-order chi connectivity index (χ1) is 11.7. The van der Waals surface area contributed by atoms with E-state index >= 15 is 0 Å². The highest BCUT2D eigenvalue weighted by molar-refractivity contribution is 7.92. The van der Waals surface area contributed by atoms with Gasteiger partial charge in [-0.15, -0.1) is 0 Å². The normalized spacial score (nSPS) is 12.3. The number of halogens is 1. The zero-order chi connectivity index (χ0) is 18.6. The molecule has 0 radical (unpaired) electrons. The fourth-order valence-corrected chi connectivity index (χ4v) is 2.68. The van der Waals surface area contributed by atoms with Gasteiger partial charge in [0.1, 0.15) is 5.75 Å². The predicted molar refractivity (Wildman–Crippen MR) is 99.9 cm³/mol. The molecule has 1 amide bonds. The number of nitrogens with one attached hydrogen (secondary N) is 1. The topological polar surface area (TPSA) is 75.7 Å². The van der Waals surface area contributed by atoms with Gasteiger partial charge in [-0.05, 0) is 37.3 Å². The van der Waals surface area contributed by atoms with Gasteiger partial charge in [0.2, 0.25) is 10.0 Å². The summed E-state index contributed by atoms with van der Waals surface area (Å²) in [4.78, 5) is 12.3. The molecule has 1 unspecified atom stereocenters. The average Bonchev–Trinajstić information content (AvgIpc) is 2.55. The molecule has 0 saturated carbocycles. The second-order valence-electron chi connectivity index (χ2n) is 5.46. The highest BCUT2D eigenvalue weighted by Crippen LogP contribution is 2.25. The minimum absolute atomic E-state index is 0.376. The molecule has 0 aliphatic heterocycles. The lowest BCUT2D eigenvalue weighted by Crippen LogP contribution is -2.30. The monoisotopic (exact) mass is 382 g/mol. The van der Waals surface area contributed by atoms with Gasteiger partial charge in [0.05, 0.1) is 17.0 Å². The summed E-state index contributed by atoms with van der Waals surface area (Å²) in [5.41, 5.74) is 0.910. The molecule has 0 heterocycles. The van der Waals surface area contributed by atoms with Gasteiger partial charge in [-0.25, -0.2) is 8.42 Å². The highest BCUT2D eigenvalue weighted by atomic mass is 35.5. The lowest BCUT2D eigenvalue weighted by molar-refractivity contribution is -0.122. The molecule has 1 N–H and O–H groups in total. The van der Waals surface area contributed by atoms with Gasteiger partial charge >= 0.3 is 0 Å². The standard InChI is InChI=1S/C17H19ClN2O4S/c1-12(24-16-10-5-4-9-15(16)18)17(21)19-13-7-6-8-14(11-13)20(2)25(3,22)23/h4-12H,1-3H3,(H,19,21). The minimum Gasteiger partial charge on any atom is -0.479 e. The summed E-state index contributed by atoms with van der Waals surface area (Å²) in [5.74, 6) is 0.0384. The van der Waals surface area contributed by atoms with E-state index in [-0.39, 0.29) is 5.91 Å². The van der Waals surface area contributed by atoms with Gasteiger partial charge in [0.25, 0.3) is 5.91 Å². The van der Waals surface area contributed by atoms with E-state index in [2.05, 4.69) is 5.32 Å². The Labute approximate surface area is 152 Å². The summed E-state index contributed by atoms with van der Waals surface area (Å²) in [6, 6.07) is 13.4. The summed E-state index contributed by atoms with van der Waals surface area (Å²) in [6.45, 7) is 1.60. The van der Waals surface area contributed by atoms with Crippen molar-refractivity contribution in [1.82, 2.24) is 0 Å². The van der Waals surface area contributed by atoms with Crippen LogP contribution in [0, 0.1) is 0 Å². The molecule has 134 valence electrons. The van der Waals surface area contributed by atoms with Crippen molar-refractivity contribution in [3.8, 4) is 5.75 Å². The van der Waals surface area contributed by atoms with E-state index in [1.54, 1.807) is 55.5 Å². The van der Waals surface area contributed by atoms with E-state index in [0.29, 0.717) is 22.1 Å². The van der Waals surface area contributed by atoms with E-state index in [1.807, 2.05) is 0 Å². The number of nitrogens with zero attached hydrogens (tertiary/aromatic N) is 1. The number of carbonyl (C=O) groups excluding carboxylic acids is 1.